The highest BCUT2D eigenvalue weighted by Crippen LogP contribution is 2.20. The molecule has 0 saturated carbocycles. The quantitative estimate of drug-likeness (QED) is 0.773. The smallest absolute Gasteiger partial charge is 0.257 e. The first-order valence-corrected chi connectivity index (χ1v) is 9.63. The van der Waals surface area contributed by atoms with Gasteiger partial charge in [0, 0.05) is 29.8 Å². The van der Waals surface area contributed by atoms with Crippen LogP contribution >= 0.6 is 11.6 Å². The predicted molar refractivity (Wildman–Crippen MR) is 109 cm³/mol. The van der Waals surface area contributed by atoms with Crippen molar-refractivity contribution in [3.63, 3.8) is 0 Å². The van der Waals surface area contributed by atoms with Gasteiger partial charge in [-0.05, 0) is 44.4 Å². The first kappa shape index (κ1) is 22.7. The van der Waals surface area contributed by atoms with Crippen LogP contribution in [-0.4, -0.2) is 40.0 Å². The van der Waals surface area contributed by atoms with Crippen molar-refractivity contribution in [1.82, 2.24) is 20.4 Å². The zero-order valence-corrected chi connectivity index (χ0v) is 17.2. The van der Waals surface area contributed by atoms with Crippen LogP contribution in [0.4, 0.5) is 0 Å². The molecule has 2 N–H and O–H groups in total. The van der Waals surface area contributed by atoms with E-state index in [1.54, 1.807) is 18.3 Å². The van der Waals surface area contributed by atoms with Crippen LogP contribution in [0.3, 0.4) is 0 Å². The Morgan fingerprint density at radius 2 is 2.04 bits per heavy atom. The molecule has 2 heterocycles. The molecule has 1 aliphatic rings. The zero-order chi connectivity index (χ0) is 20.2. The zero-order valence-electron chi connectivity index (χ0n) is 16.5. The van der Waals surface area contributed by atoms with E-state index < -0.39 is 0 Å². The number of H-pyrrole nitrogens is 1. The van der Waals surface area contributed by atoms with Crippen LogP contribution < -0.4 is 5.32 Å². The molecule has 0 aliphatic carbocycles. The van der Waals surface area contributed by atoms with Crippen molar-refractivity contribution in [3.05, 3.63) is 52.3 Å². The molecule has 7 heteroatoms. The number of aromatic nitrogens is 2. The van der Waals surface area contributed by atoms with Gasteiger partial charge in [-0.25, -0.2) is 0 Å². The fourth-order valence-electron chi connectivity index (χ4n) is 2.72. The van der Waals surface area contributed by atoms with E-state index in [9.17, 15) is 9.59 Å². The monoisotopic (exact) mass is 392 g/mol. The molecule has 1 unspecified atom stereocenters. The summed E-state index contributed by atoms with van der Waals surface area (Å²) in [4.78, 5) is 23.8. The molecular weight excluding hydrogens is 364 g/mol. The van der Waals surface area contributed by atoms with Gasteiger partial charge < -0.3 is 10.2 Å². The number of carbonyl (C=O) groups excluding carboxylic acids is 2. The molecule has 1 atom stereocenters. The summed E-state index contributed by atoms with van der Waals surface area (Å²) >= 11 is 5.66. The summed E-state index contributed by atoms with van der Waals surface area (Å²) in [5.74, 6) is 0.112. The second-order valence-electron chi connectivity index (χ2n) is 6.02. The van der Waals surface area contributed by atoms with Crippen LogP contribution in [0.1, 0.15) is 55.2 Å². The summed E-state index contributed by atoms with van der Waals surface area (Å²) in [5, 5.41) is 9.93. The second kappa shape index (κ2) is 12.1. The minimum absolute atomic E-state index is 0.112. The highest BCUT2D eigenvalue weighted by atomic mass is 35.5. The van der Waals surface area contributed by atoms with Gasteiger partial charge in [-0.15, -0.1) is 0 Å². The maximum atomic E-state index is 12.0. The molecule has 1 saturated heterocycles. The van der Waals surface area contributed by atoms with E-state index in [2.05, 4.69) is 22.4 Å². The molecule has 1 aliphatic heterocycles. The number of hydrogen-bond acceptors (Lipinski definition) is 3. The van der Waals surface area contributed by atoms with Crippen molar-refractivity contribution in [1.29, 1.82) is 0 Å². The Labute approximate surface area is 166 Å². The van der Waals surface area contributed by atoms with Crippen LogP contribution in [0.5, 0.6) is 0 Å². The van der Waals surface area contributed by atoms with Crippen LogP contribution in [0.25, 0.3) is 0 Å². The number of amides is 2. The average Bonchev–Trinajstić information content (AvgIpc) is 3.31. The Balaban J connectivity index is 0.000000254. The van der Waals surface area contributed by atoms with E-state index in [1.165, 1.54) is 0 Å². The van der Waals surface area contributed by atoms with Crippen molar-refractivity contribution in [2.45, 2.75) is 53.1 Å². The third kappa shape index (κ3) is 7.06. The number of nitrogens with zero attached hydrogens (tertiary/aromatic N) is 2. The van der Waals surface area contributed by atoms with E-state index in [4.69, 9.17) is 11.6 Å². The molecule has 0 radical (unpaired) electrons. The Hall–Kier alpha value is -2.34. The standard InChI is InChI=1S/C10H15N3O.C8H8ClNO.C2H6/c1-7-4-3-5-13(7)10(14)9-6-11-12-8(9)2;9-8-3-1-7(2-4-8)5-10-6-11;1-2/h6-7H,3-5H2,1-2H3,(H,11,12);1-4,6H,5H2,(H,10,11);1-2H3. The molecule has 148 valence electrons. The van der Waals surface area contributed by atoms with Crippen molar-refractivity contribution < 1.29 is 9.59 Å². The third-order valence-electron chi connectivity index (χ3n) is 4.18. The van der Waals surface area contributed by atoms with Crippen molar-refractivity contribution in [2.75, 3.05) is 6.54 Å². The Kier molecular flexibility index (Phi) is 10.2. The van der Waals surface area contributed by atoms with Gasteiger partial charge in [-0.1, -0.05) is 37.6 Å². The number of hydrogen-bond donors (Lipinski definition) is 2. The van der Waals surface area contributed by atoms with Crippen molar-refractivity contribution in [2.24, 2.45) is 0 Å². The summed E-state index contributed by atoms with van der Waals surface area (Å²) in [6.45, 7) is 9.41. The molecule has 2 aromatic rings. The van der Waals surface area contributed by atoms with E-state index in [0.29, 0.717) is 29.6 Å². The third-order valence-corrected chi connectivity index (χ3v) is 4.43. The maximum Gasteiger partial charge on any atom is 0.257 e. The molecule has 3 rings (SSSR count). The number of aromatic amines is 1. The Morgan fingerprint density at radius 1 is 1.37 bits per heavy atom. The first-order valence-electron chi connectivity index (χ1n) is 9.25. The SMILES string of the molecule is CC.Cc1[nH]ncc1C(=O)N1CCCC1C.O=CNCc1ccc(Cl)cc1. The fourth-order valence-corrected chi connectivity index (χ4v) is 2.84. The summed E-state index contributed by atoms with van der Waals surface area (Å²) in [6, 6.07) is 7.71. The van der Waals surface area contributed by atoms with Gasteiger partial charge in [-0.3, -0.25) is 14.7 Å². The lowest BCUT2D eigenvalue weighted by molar-refractivity contribution is -0.109. The molecular formula is C20H29ClN4O2. The highest BCUT2D eigenvalue weighted by molar-refractivity contribution is 6.30. The normalized spacial score (nSPS) is 15.1. The first-order chi connectivity index (χ1) is 13.0. The van der Waals surface area contributed by atoms with E-state index in [1.807, 2.05) is 37.8 Å². The van der Waals surface area contributed by atoms with Gasteiger partial charge in [0.05, 0.1) is 11.8 Å². The van der Waals surface area contributed by atoms with Crippen molar-refractivity contribution in [3.8, 4) is 0 Å². The van der Waals surface area contributed by atoms with Gasteiger partial charge in [0.15, 0.2) is 0 Å². The Morgan fingerprint density at radius 3 is 2.52 bits per heavy atom. The number of halogens is 1. The maximum absolute atomic E-state index is 12.0. The topological polar surface area (TPSA) is 78.1 Å². The van der Waals surface area contributed by atoms with Crippen LogP contribution in [0.2, 0.25) is 5.02 Å². The average molecular weight is 393 g/mol. The van der Waals surface area contributed by atoms with Crippen LogP contribution in [0.15, 0.2) is 30.5 Å². The number of likely N-dealkylation sites (tertiary alicyclic amines) is 1. The molecule has 0 spiro atoms. The molecule has 1 fully saturated rings. The Bertz CT molecular complexity index is 700. The number of rotatable bonds is 4. The van der Waals surface area contributed by atoms with Crippen LogP contribution in [-0.2, 0) is 11.3 Å². The molecule has 6 nitrogen and oxygen atoms in total. The van der Waals surface area contributed by atoms with Gasteiger partial charge in [0.2, 0.25) is 6.41 Å². The summed E-state index contributed by atoms with van der Waals surface area (Å²) in [7, 11) is 0. The fraction of sp³-hybridized carbons (Fsp3) is 0.450. The van der Waals surface area contributed by atoms with Crippen LogP contribution in [0, 0.1) is 6.92 Å². The number of aryl methyl sites for hydroxylation is 1. The van der Waals surface area contributed by atoms with E-state index in [-0.39, 0.29) is 5.91 Å². The molecule has 1 aromatic heterocycles. The molecule has 1 aromatic carbocycles. The molecule has 0 bridgehead atoms. The lowest BCUT2D eigenvalue weighted by Crippen LogP contribution is -2.33. The predicted octanol–water partition coefficient (Wildman–Crippen LogP) is 3.95. The summed E-state index contributed by atoms with van der Waals surface area (Å²) < 4.78 is 0. The lowest BCUT2D eigenvalue weighted by atomic mass is 10.2. The summed E-state index contributed by atoms with van der Waals surface area (Å²) in [6.07, 6.45) is 4.52. The number of nitrogens with one attached hydrogen (secondary N) is 2. The molecule has 2 amide bonds. The number of benzene rings is 1. The summed E-state index contributed by atoms with van der Waals surface area (Å²) in [5.41, 5.74) is 2.61. The molecule has 27 heavy (non-hydrogen) atoms. The lowest BCUT2D eigenvalue weighted by Gasteiger charge is -2.20. The minimum atomic E-state index is 0.112. The van der Waals surface area contributed by atoms with Gasteiger partial charge in [0.25, 0.3) is 5.91 Å². The van der Waals surface area contributed by atoms with Gasteiger partial charge >= 0.3 is 0 Å². The van der Waals surface area contributed by atoms with Crippen molar-refractivity contribution >= 4 is 23.9 Å². The number of carbonyl (C=O) groups is 2. The second-order valence-corrected chi connectivity index (χ2v) is 6.46. The minimum Gasteiger partial charge on any atom is -0.355 e. The largest absolute Gasteiger partial charge is 0.355 e. The van der Waals surface area contributed by atoms with E-state index >= 15 is 0 Å². The van der Waals surface area contributed by atoms with E-state index in [0.717, 1.165) is 30.6 Å². The highest BCUT2D eigenvalue weighted by Gasteiger charge is 2.27. The van der Waals surface area contributed by atoms with Gasteiger partial charge in [0.1, 0.15) is 0 Å². The van der Waals surface area contributed by atoms with Gasteiger partial charge in [-0.2, -0.15) is 5.10 Å².